The Kier molecular flexibility index (Phi) is 10.1. The lowest BCUT2D eigenvalue weighted by atomic mass is 9.65. The van der Waals surface area contributed by atoms with Crippen LogP contribution in [0, 0.1) is 0 Å². The van der Waals surface area contributed by atoms with E-state index in [1.807, 2.05) is 18.2 Å². The molecular weight excluding hydrogens is 462 g/mol. The first-order valence-electron chi connectivity index (χ1n) is 13.9. The van der Waals surface area contributed by atoms with Crippen molar-refractivity contribution in [1.29, 1.82) is 0 Å². The van der Waals surface area contributed by atoms with Crippen LogP contribution in [0.3, 0.4) is 0 Å². The van der Waals surface area contributed by atoms with E-state index in [1.54, 1.807) is 0 Å². The zero-order chi connectivity index (χ0) is 26.5. The molecule has 0 fully saturated rings. The van der Waals surface area contributed by atoms with Gasteiger partial charge >= 0.3 is 0 Å². The van der Waals surface area contributed by atoms with Gasteiger partial charge in [-0.1, -0.05) is 135 Å². The Labute approximate surface area is 228 Å². The highest BCUT2D eigenvalue weighted by molar-refractivity contribution is 5.90. The Morgan fingerprint density at radius 1 is 0.579 bits per heavy atom. The summed E-state index contributed by atoms with van der Waals surface area (Å²) in [6.07, 6.45) is 10.6. The molecule has 0 bridgehead atoms. The number of carbonyl (C=O) groups excluding carboxylic acids is 1. The molecule has 4 aromatic carbocycles. The van der Waals surface area contributed by atoms with E-state index in [2.05, 4.69) is 115 Å². The molecule has 0 aliphatic heterocycles. The lowest BCUT2D eigenvalue weighted by Gasteiger charge is -2.37. The number of rotatable bonds is 14. The lowest BCUT2D eigenvalue weighted by Crippen LogP contribution is -2.31. The molecule has 4 aromatic rings. The van der Waals surface area contributed by atoms with Crippen molar-refractivity contribution in [3.05, 3.63) is 150 Å². The summed E-state index contributed by atoms with van der Waals surface area (Å²) >= 11 is 0. The molecule has 0 atom stereocenters. The van der Waals surface area contributed by atoms with Crippen LogP contribution in [0.1, 0.15) is 73.6 Å². The van der Waals surface area contributed by atoms with Gasteiger partial charge in [-0.15, -0.1) is 6.58 Å². The van der Waals surface area contributed by atoms with Gasteiger partial charge in [0, 0.05) is 12.1 Å². The molecule has 1 amide bonds. The second kappa shape index (κ2) is 14.1. The van der Waals surface area contributed by atoms with E-state index < -0.39 is 5.41 Å². The van der Waals surface area contributed by atoms with Crippen LogP contribution in [-0.4, -0.2) is 5.91 Å². The zero-order valence-corrected chi connectivity index (χ0v) is 22.3. The van der Waals surface area contributed by atoms with E-state index in [-0.39, 0.29) is 5.91 Å². The molecule has 0 spiro atoms. The van der Waals surface area contributed by atoms with Gasteiger partial charge in [-0.05, 0) is 53.6 Å². The summed E-state index contributed by atoms with van der Waals surface area (Å²) in [6.45, 7) is 3.78. The molecule has 0 heterocycles. The Bertz CT molecular complexity index is 1150. The molecule has 0 aromatic heterocycles. The Balaban J connectivity index is 1.52. The molecule has 194 valence electrons. The SMILES string of the molecule is C=CCCCCCCCCC(=O)Nc1ccc(C(c2ccccc2)(c2ccccc2)c2ccccc2)cc1. The minimum atomic E-state index is -0.474. The van der Waals surface area contributed by atoms with E-state index in [1.165, 1.54) is 42.4 Å². The maximum Gasteiger partial charge on any atom is 0.224 e. The molecule has 0 radical (unpaired) electrons. The van der Waals surface area contributed by atoms with Gasteiger partial charge in [0.15, 0.2) is 0 Å². The summed E-state index contributed by atoms with van der Waals surface area (Å²) in [7, 11) is 0. The molecule has 0 saturated heterocycles. The highest BCUT2D eigenvalue weighted by atomic mass is 16.1. The van der Waals surface area contributed by atoms with Crippen LogP contribution in [-0.2, 0) is 10.2 Å². The number of unbranched alkanes of at least 4 members (excludes halogenated alkanes) is 6. The van der Waals surface area contributed by atoms with Crippen LogP contribution in [0.15, 0.2) is 128 Å². The molecule has 0 saturated carbocycles. The molecule has 2 nitrogen and oxygen atoms in total. The fraction of sp³-hybridized carbons (Fsp3) is 0.250. The maximum absolute atomic E-state index is 12.6. The molecule has 1 N–H and O–H groups in total. The van der Waals surface area contributed by atoms with E-state index in [0.29, 0.717) is 6.42 Å². The first kappa shape index (κ1) is 27.1. The number of anilines is 1. The van der Waals surface area contributed by atoms with E-state index in [9.17, 15) is 4.79 Å². The van der Waals surface area contributed by atoms with E-state index in [4.69, 9.17) is 0 Å². The van der Waals surface area contributed by atoms with Crippen molar-refractivity contribution in [3.8, 4) is 0 Å². The minimum Gasteiger partial charge on any atom is -0.326 e. The first-order valence-corrected chi connectivity index (χ1v) is 13.9. The molecule has 0 unspecified atom stereocenters. The van der Waals surface area contributed by atoms with Crippen LogP contribution in [0.4, 0.5) is 5.69 Å². The van der Waals surface area contributed by atoms with Crippen molar-refractivity contribution in [1.82, 2.24) is 0 Å². The van der Waals surface area contributed by atoms with Gasteiger partial charge in [0.25, 0.3) is 0 Å². The fourth-order valence-electron chi connectivity index (χ4n) is 5.37. The number of benzene rings is 4. The van der Waals surface area contributed by atoms with Crippen molar-refractivity contribution >= 4 is 11.6 Å². The second-order valence-electron chi connectivity index (χ2n) is 9.92. The van der Waals surface area contributed by atoms with Gasteiger partial charge in [0.1, 0.15) is 0 Å². The normalized spacial score (nSPS) is 11.2. The van der Waals surface area contributed by atoms with Gasteiger partial charge in [0.05, 0.1) is 5.41 Å². The third kappa shape index (κ3) is 6.69. The van der Waals surface area contributed by atoms with Crippen LogP contribution in [0.2, 0.25) is 0 Å². The Morgan fingerprint density at radius 2 is 1.00 bits per heavy atom. The van der Waals surface area contributed by atoms with Gasteiger partial charge in [-0.2, -0.15) is 0 Å². The van der Waals surface area contributed by atoms with Crippen molar-refractivity contribution in [2.45, 2.75) is 56.8 Å². The standard InChI is InChI=1S/C36H39NO/c1-2-3-4-5-6-7-8-18-25-35(38)37-34-28-26-33(27-29-34)36(30-19-12-9-13-20-30,31-21-14-10-15-22-31)32-23-16-11-17-24-32/h2,9-17,19-24,26-29H,1,3-8,18,25H2,(H,37,38). The topological polar surface area (TPSA) is 29.1 Å². The summed E-state index contributed by atoms with van der Waals surface area (Å²) in [5, 5.41) is 3.11. The number of allylic oxidation sites excluding steroid dienone is 1. The molecule has 4 rings (SSSR count). The summed E-state index contributed by atoms with van der Waals surface area (Å²) in [4.78, 5) is 12.6. The molecular formula is C36H39NO. The molecule has 0 aliphatic rings. The lowest BCUT2D eigenvalue weighted by molar-refractivity contribution is -0.116. The summed E-state index contributed by atoms with van der Waals surface area (Å²) in [6, 6.07) is 40.4. The maximum atomic E-state index is 12.6. The van der Waals surface area contributed by atoms with Crippen molar-refractivity contribution in [2.75, 3.05) is 5.32 Å². The van der Waals surface area contributed by atoms with Gasteiger partial charge in [-0.25, -0.2) is 0 Å². The quantitative estimate of drug-likeness (QED) is 0.104. The number of carbonyl (C=O) groups is 1. The largest absolute Gasteiger partial charge is 0.326 e. The number of hydrogen-bond acceptors (Lipinski definition) is 1. The van der Waals surface area contributed by atoms with Crippen molar-refractivity contribution in [2.24, 2.45) is 0 Å². The average Bonchev–Trinajstić information content (AvgIpc) is 2.97. The number of nitrogens with one attached hydrogen (secondary N) is 1. The zero-order valence-electron chi connectivity index (χ0n) is 22.3. The third-order valence-electron chi connectivity index (χ3n) is 7.28. The van der Waals surface area contributed by atoms with Crippen molar-refractivity contribution < 1.29 is 4.79 Å². The third-order valence-corrected chi connectivity index (χ3v) is 7.28. The summed E-state index contributed by atoms with van der Waals surface area (Å²) in [5.74, 6) is 0.0878. The fourth-order valence-corrected chi connectivity index (χ4v) is 5.37. The van der Waals surface area contributed by atoms with Crippen LogP contribution >= 0.6 is 0 Å². The second-order valence-corrected chi connectivity index (χ2v) is 9.92. The highest BCUT2D eigenvalue weighted by Crippen LogP contribution is 2.45. The first-order chi connectivity index (χ1) is 18.7. The van der Waals surface area contributed by atoms with Crippen LogP contribution in [0.5, 0.6) is 0 Å². The van der Waals surface area contributed by atoms with Gasteiger partial charge < -0.3 is 5.32 Å². The monoisotopic (exact) mass is 501 g/mol. The molecule has 2 heteroatoms. The number of hydrogen-bond donors (Lipinski definition) is 1. The highest BCUT2D eigenvalue weighted by Gasteiger charge is 2.38. The van der Waals surface area contributed by atoms with Crippen molar-refractivity contribution in [3.63, 3.8) is 0 Å². The van der Waals surface area contributed by atoms with Gasteiger partial charge in [0.2, 0.25) is 5.91 Å². The van der Waals surface area contributed by atoms with Gasteiger partial charge in [-0.3, -0.25) is 4.79 Å². The smallest absolute Gasteiger partial charge is 0.224 e. The Morgan fingerprint density at radius 3 is 1.47 bits per heavy atom. The average molecular weight is 502 g/mol. The predicted molar refractivity (Wildman–Crippen MR) is 161 cm³/mol. The number of amides is 1. The molecule has 0 aliphatic carbocycles. The Hall–Kier alpha value is -3.91. The summed E-state index contributed by atoms with van der Waals surface area (Å²) < 4.78 is 0. The van der Waals surface area contributed by atoms with Crippen LogP contribution < -0.4 is 5.32 Å². The molecule has 38 heavy (non-hydrogen) atoms. The van der Waals surface area contributed by atoms with Crippen LogP contribution in [0.25, 0.3) is 0 Å². The summed E-state index contributed by atoms with van der Waals surface area (Å²) in [5.41, 5.74) is 5.15. The minimum absolute atomic E-state index is 0.0878. The van der Waals surface area contributed by atoms with E-state index >= 15 is 0 Å². The predicted octanol–water partition coefficient (Wildman–Crippen LogP) is 9.31. The van der Waals surface area contributed by atoms with E-state index in [0.717, 1.165) is 30.5 Å².